The molecule has 1 aromatic heterocycles. The number of hydrogen-bond donors (Lipinski definition) is 1. The molecule has 0 bridgehead atoms. The average Bonchev–Trinajstić information content (AvgIpc) is 2.52. The number of methoxy groups -OCH3 is 1. The van der Waals surface area contributed by atoms with Crippen molar-refractivity contribution in [3.8, 4) is 0 Å². The molecule has 116 valence electrons. The van der Waals surface area contributed by atoms with Gasteiger partial charge in [-0.3, -0.25) is 14.6 Å². The van der Waals surface area contributed by atoms with Gasteiger partial charge in [0.1, 0.15) is 5.69 Å². The van der Waals surface area contributed by atoms with Crippen LogP contribution in [-0.4, -0.2) is 55.0 Å². The van der Waals surface area contributed by atoms with Crippen LogP contribution in [0.5, 0.6) is 0 Å². The van der Waals surface area contributed by atoms with Crippen LogP contribution >= 0.6 is 0 Å². The van der Waals surface area contributed by atoms with Crippen molar-refractivity contribution in [2.24, 2.45) is 0 Å². The monoisotopic (exact) mass is 293 g/mol. The molecule has 0 aromatic carbocycles. The molecule has 1 aromatic rings. The molecule has 0 aliphatic rings. The van der Waals surface area contributed by atoms with E-state index in [-0.39, 0.29) is 17.5 Å². The van der Waals surface area contributed by atoms with Crippen LogP contribution in [0.1, 0.15) is 41.1 Å². The highest BCUT2D eigenvalue weighted by Crippen LogP contribution is 2.06. The summed E-state index contributed by atoms with van der Waals surface area (Å²) in [7, 11) is 1.62. The zero-order valence-electron chi connectivity index (χ0n) is 12.9. The van der Waals surface area contributed by atoms with Crippen LogP contribution in [0.3, 0.4) is 0 Å². The van der Waals surface area contributed by atoms with E-state index in [1.165, 1.54) is 12.3 Å². The predicted octanol–water partition coefficient (Wildman–Crippen LogP) is 1.33. The van der Waals surface area contributed by atoms with Gasteiger partial charge >= 0.3 is 0 Å². The highest BCUT2D eigenvalue weighted by molar-refractivity contribution is 5.98. The molecule has 6 nitrogen and oxygen atoms in total. The number of nitrogens with one attached hydrogen (secondary N) is 1. The number of nitrogens with zero attached hydrogens (tertiary/aromatic N) is 2. The summed E-state index contributed by atoms with van der Waals surface area (Å²) in [5.74, 6) is -0.365. The molecule has 0 unspecified atom stereocenters. The second-order valence-electron chi connectivity index (χ2n) is 4.51. The Balaban J connectivity index is 2.71. The second-order valence-corrected chi connectivity index (χ2v) is 4.51. The molecular weight excluding hydrogens is 270 g/mol. The first-order valence-electron chi connectivity index (χ1n) is 7.16. The maximum atomic E-state index is 12.2. The molecule has 0 saturated carbocycles. The lowest BCUT2D eigenvalue weighted by Gasteiger charge is -2.18. The molecule has 21 heavy (non-hydrogen) atoms. The van der Waals surface area contributed by atoms with Crippen molar-refractivity contribution < 1.29 is 14.3 Å². The minimum absolute atomic E-state index is 0.0872. The molecule has 0 fully saturated rings. The van der Waals surface area contributed by atoms with E-state index in [0.29, 0.717) is 31.8 Å². The van der Waals surface area contributed by atoms with Gasteiger partial charge in [0.2, 0.25) is 0 Å². The SMILES string of the molecule is CCN(CC)C(=O)c1ccnc(C(=O)NCCCOC)c1. The van der Waals surface area contributed by atoms with Gasteiger partial charge < -0.3 is 15.0 Å². The minimum atomic E-state index is -0.277. The first kappa shape index (κ1) is 17.1. The number of pyridine rings is 1. The van der Waals surface area contributed by atoms with Gasteiger partial charge in [-0.1, -0.05) is 0 Å². The third kappa shape index (κ3) is 5.15. The number of hydrogen-bond acceptors (Lipinski definition) is 4. The summed E-state index contributed by atoms with van der Waals surface area (Å²) in [6.07, 6.45) is 2.22. The zero-order valence-corrected chi connectivity index (χ0v) is 12.9. The number of aromatic nitrogens is 1. The summed E-state index contributed by atoms with van der Waals surface area (Å²) in [5.41, 5.74) is 0.737. The molecule has 0 atom stereocenters. The van der Waals surface area contributed by atoms with Crippen LogP contribution in [-0.2, 0) is 4.74 Å². The maximum Gasteiger partial charge on any atom is 0.269 e. The van der Waals surface area contributed by atoms with Gasteiger partial charge in [-0.2, -0.15) is 0 Å². The molecule has 0 aliphatic heterocycles. The van der Waals surface area contributed by atoms with Crippen LogP contribution in [0.2, 0.25) is 0 Å². The van der Waals surface area contributed by atoms with Gasteiger partial charge in [0.05, 0.1) is 0 Å². The Bertz CT molecular complexity index is 473. The van der Waals surface area contributed by atoms with Gasteiger partial charge in [-0.15, -0.1) is 0 Å². The van der Waals surface area contributed by atoms with Gasteiger partial charge in [-0.05, 0) is 32.4 Å². The van der Waals surface area contributed by atoms with E-state index in [1.807, 2.05) is 13.8 Å². The Morgan fingerprint density at radius 1 is 1.33 bits per heavy atom. The third-order valence-corrected chi connectivity index (χ3v) is 3.10. The fourth-order valence-corrected chi connectivity index (χ4v) is 1.89. The Morgan fingerprint density at radius 2 is 2.05 bits per heavy atom. The van der Waals surface area contributed by atoms with Gasteiger partial charge in [0.15, 0.2) is 0 Å². The number of ether oxygens (including phenoxy) is 1. The third-order valence-electron chi connectivity index (χ3n) is 3.10. The smallest absolute Gasteiger partial charge is 0.269 e. The number of rotatable bonds is 8. The molecule has 1 N–H and O–H groups in total. The Kier molecular flexibility index (Phi) is 7.39. The number of carbonyl (C=O) groups is 2. The van der Waals surface area contributed by atoms with Gasteiger partial charge in [0, 0.05) is 45.1 Å². The lowest BCUT2D eigenvalue weighted by Crippen LogP contribution is -2.31. The minimum Gasteiger partial charge on any atom is -0.385 e. The topological polar surface area (TPSA) is 71.5 Å². The van der Waals surface area contributed by atoms with E-state index < -0.39 is 0 Å². The quantitative estimate of drug-likeness (QED) is 0.734. The van der Waals surface area contributed by atoms with E-state index in [1.54, 1.807) is 18.1 Å². The molecule has 0 aliphatic carbocycles. The van der Waals surface area contributed by atoms with E-state index in [2.05, 4.69) is 10.3 Å². The van der Waals surface area contributed by atoms with E-state index in [4.69, 9.17) is 4.74 Å². The predicted molar refractivity (Wildman–Crippen MR) is 80.3 cm³/mol. The second kappa shape index (κ2) is 9.07. The Morgan fingerprint density at radius 3 is 2.67 bits per heavy atom. The van der Waals surface area contributed by atoms with Crippen LogP contribution in [0.15, 0.2) is 18.3 Å². The summed E-state index contributed by atoms with van der Waals surface area (Å²) < 4.78 is 4.91. The van der Waals surface area contributed by atoms with Crippen molar-refractivity contribution in [2.45, 2.75) is 20.3 Å². The van der Waals surface area contributed by atoms with Crippen LogP contribution in [0.4, 0.5) is 0 Å². The lowest BCUT2D eigenvalue weighted by atomic mass is 10.2. The van der Waals surface area contributed by atoms with Crippen molar-refractivity contribution in [2.75, 3.05) is 33.4 Å². The first-order valence-corrected chi connectivity index (χ1v) is 7.16. The summed E-state index contributed by atoms with van der Waals surface area (Å²) >= 11 is 0. The van der Waals surface area contributed by atoms with Gasteiger partial charge in [-0.25, -0.2) is 0 Å². The van der Waals surface area contributed by atoms with Crippen LogP contribution in [0, 0.1) is 0 Å². The van der Waals surface area contributed by atoms with Crippen LogP contribution < -0.4 is 5.32 Å². The first-order chi connectivity index (χ1) is 10.1. The highest BCUT2D eigenvalue weighted by Gasteiger charge is 2.15. The van der Waals surface area contributed by atoms with Crippen molar-refractivity contribution in [3.63, 3.8) is 0 Å². The molecule has 0 radical (unpaired) electrons. The largest absolute Gasteiger partial charge is 0.385 e. The summed E-state index contributed by atoms with van der Waals surface area (Å²) in [6, 6.07) is 3.16. The van der Waals surface area contributed by atoms with Crippen molar-refractivity contribution in [1.29, 1.82) is 0 Å². The van der Waals surface area contributed by atoms with Gasteiger partial charge in [0.25, 0.3) is 11.8 Å². The Labute approximate surface area is 125 Å². The highest BCUT2D eigenvalue weighted by atomic mass is 16.5. The molecule has 1 heterocycles. The fraction of sp³-hybridized carbons (Fsp3) is 0.533. The van der Waals surface area contributed by atoms with Crippen molar-refractivity contribution >= 4 is 11.8 Å². The normalized spacial score (nSPS) is 10.2. The molecule has 6 heteroatoms. The fourth-order valence-electron chi connectivity index (χ4n) is 1.89. The Hall–Kier alpha value is -1.95. The maximum absolute atomic E-state index is 12.2. The molecule has 2 amide bonds. The van der Waals surface area contributed by atoms with Crippen LogP contribution in [0.25, 0.3) is 0 Å². The summed E-state index contributed by atoms with van der Waals surface area (Å²) in [6.45, 7) is 6.22. The van der Waals surface area contributed by atoms with Crippen molar-refractivity contribution in [3.05, 3.63) is 29.6 Å². The summed E-state index contributed by atoms with van der Waals surface area (Å²) in [5, 5.41) is 2.75. The zero-order chi connectivity index (χ0) is 15.7. The lowest BCUT2D eigenvalue weighted by molar-refractivity contribution is 0.0773. The molecular formula is C15H23N3O3. The summed E-state index contributed by atoms with van der Waals surface area (Å²) in [4.78, 5) is 29.9. The van der Waals surface area contributed by atoms with E-state index in [0.717, 1.165) is 6.42 Å². The van der Waals surface area contributed by atoms with E-state index in [9.17, 15) is 9.59 Å². The molecule has 0 spiro atoms. The number of amides is 2. The van der Waals surface area contributed by atoms with E-state index >= 15 is 0 Å². The molecule has 0 saturated heterocycles. The molecule has 1 rings (SSSR count). The van der Waals surface area contributed by atoms with Crippen molar-refractivity contribution in [1.82, 2.24) is 15.2 Å². The average molecular weight is 293 g/mol. The number of carbonyl (C=O) groups excluding carboxylic acids is 2. The standard InChI is InChI=1S/C15H23N3O3/c1-4-18(5-2)15(20)12-7-9-16-13(11-12)14(19)17-8-6-10-21-3/h7,9,11H,4-6,8,10H2,1-3H3,(H,17,19).